The van der Waals surface area contributed by atoms with Crippen molar-refractivity contribution in [3.05, 3.63) is 63.1 Å². The van der Waals surface area contributed by atoms with Crippen molar-refractivity contribution in [2.24, 2.45) is 0 Å². The highest BCUT2D eigenvalue weighted by atomic mass is 79.9. The van der Waals surface area contributed by atoms with Gasteiger partial charge in [-0.2, -0.15) is 5.26 Å². The van der Waals surface area contributed by atoms with Crippen molar-refractivity contribution >= 4 is 45.5 Å². The first-order chi connectivity index (χ1) is 12.9. The van der Waals surface area contributed by atoms with Crippen LogP contribution in [0.15, 0.2) is 52.5 Å². The van der Waals surface area contributed by atoms with Crippen LogP contribution in [0.5, 0.6) is 11.5 Å². The third-order valence-corrected chi connectivity index (χ3v) is 4.02. The monoisotopic (exact) mass is 449 g/mol. The van der Waals surface area contributed by atoms with E-state index in [9.17, 15) is 9.59 Å². The van der Waals surface area contributed by atoms with Crippen LogP contribution in [0, 0.1) is 11.3 Å². The van der Waals surface area contributed by atoms with Gasteiger partial charge >= 0.3 is 11.9 Å². The minimum atomic E-state index is -0.748. The fourth-order valence-corrected chi connectivity index (χ4v) is 2.77. The number of hydrogen-bond donors (Lipinski definition) is 0. The van der Waals surface area contributed by atoms with Gasteiger partial charge in [-0.15, -0.1) is 0 Å². The maximum atomic E-state index is 12.0. The summed E-state index contributed by atoms with van der Waals surface area (Å²) in [5.41, 5.74) is 0.334. The van der Waals surface area contributed by atoms with Gasteiger partial charge in [-0.3, -0.25) is 0 Å². The number of halogens is 2. The number of nitriles is 1. The lowest BCUT2D eigenvalue weighted by Gasteiger charge is -2.09. The minimum Gasteiger partial charge on any atom is -0.481 e. The molecule has 0 saturated heterocycles. The van der Waals surface area contributed by atoms with Crippen LogP contribution >= 0.6 is 27.5 Å². The average Bonchev–Trinajstić information content (AvgIpc) is 2.65. The Morgan fingerprint density at radius 2 is 2.04 bits per heavy atom. The second-order valence-corrected chi connectivity index (χ2v) is 6.36. The topological polar surface area (TPSA) is 85.6 Å². The number of carbonyl (C=O) groups is 2. The Bertz CT molecular complexity index is 936. The molecule has 0 atom stereocenters. The molecular weight excluding hydrogens is 438 g/mol. The quantitative estimate of drug-likeness (QED) is 0.284. The molecule has 0 N–H and O–H groups in total. The summed E-state index contributed by atoms with van der Waals surface area (Å²) < 4.78 is 15.7. The lowest BCUT2D eigenvalue weighted by Crippen LogP contribution is -2.17. The summed E-state index contributed by atoms with van der Waals surface area (Å²) in [7, 11) is 1.19. The Hall–Kier alpha value is -2.82. The van der Waals surface area contributed by atoms with E-state index in [0.717, 1.165) is 0 Å². The Balaban J connectivity index is 2.03. The van der Waals surface area contributed by atoms with Crippen LogP contribution in [0.2, 0.25) is 5.02 Å². The van der Waals surface area contributed by atoms with Gasteiger partial charge in [0.1, 0.15) is 23.1 Å². The van der Waals surface area contributed by atoms with Crippen LogP contribution in [0.3, 0.4) is 0 Å². The van der Waals surface area contributed by atoms with Gasteiger partial charge in [0.15, 0.2) is 6.61 Å². The highest BCUT2D eigenvalue weighted by molar-refractivity contribution is 9.10. The molecule has 0 aliphatic heterocycles. The highest BCUT2D eigenvalue weighted by Crippen LogP contribution is 2.28. The van der Waals surface area contributed by atoms with Gasteiger partial charge < -0.3 is 14.2 Å². The molecule has 0 saturated carbocycles. The number of rotatable bonds is 6. The molecule has 0 amide bonds. The maximum Gasteiger partial charge on any atom is 0.349 e. The number of carbonyl (C=O) groups excluding carboxylic acids is 2. The van der Waals surface area contributed by atoms with Gasteiger partial charge in [0.05, 0.1) is 11.6 Å². The SMILES string of the molecule is COC(=O)/C(C#N)=C/c1cccc(OC(=O)COc2ccc(Cl)cc2Br)c1. The summed E-state index contributed by atoms with van der Waals surface area (Å²) in [6.07, 6.45) is 1.34. The fourth-order valence-electron chi connectivity index (χ4n) is 1.97. The van der Waals surface area contributed by atoms with Crippen LogP contribution in [0.1, 0.15) is 5.56 Å². The van der Waals surface area contributed by atoms with Gasteiger partial charge in [-0.25, -0.2) is 9.59 Å². The summed E-state index contributed by atoms with van der Waals surface area (Å²) in [6, 6.07) is 13.0. The number of hydrogen-bond acceptors (Lipinski definition) is 6. The lowest BCUT2D eigenvalue weighted by atomic mass is 10.1. The normalized spacial score (nSPS) is 10.7. The second kappa shape index (κ2) is 9.76. The predicted molar refractivity (Wildman–Crippen MR) is 102 cm³/mol. The van der Waals surface area contributed by atoms with Crippen LogP contribution in [-0.4, -0.2) is 25.7 Å². The zero-order valence-electron chi connectivity index (χ0n) is 14.1. The number of esters is 2. The smallest absolute Gasteiger partial charge is 0.349 e. The van der Waals surface area contributed by atoms with Crippen LogP contribution in [-0.2, 0) is 14.3 Å². The summed E-state index contributed by atoms with van der Waals surface area (Å²) in [6.45, 7) is -0.314. The molecule has 0 bridgehead atoms. The van der Waals surface area contributed by atoms with E-state index in [-0.39, 0.29) is 17.9 Å². The van der Waals surface area contributed by atoms with Crippen molar-refractivity contribution in [3.8, 4) is 17.6 Å². The first-order valence-electron chi connectivity index (χ1n) is 7.51. The van der Waals surface area contributed by atoms with Gasteiger partial charge in [0.25, 0.3) is 0 Å². The molecule has 2 aromatic carbocycles. The van der Waals surface area contributed by atoms with Crippen molar-refractivity contribution in [1.29, 1.82) is 5.26 Å². The fraction of sp³-hybridized carbons (Fsp3) is 0.105. The maximum absolute atomic E-state index is 12.0. The second-order valence-electron chi connectivity index (χ2n) is 5.07. The first kappa shape index (κ1) is 20.5. The third-order valence-electron chi connectivity index (χ3n) is 3.17. The van der Waals surface area contributed by atoms with E-state index in [1.807, 2.05) is 0 Å². The zero-order valence-corrected chi connectivity index (χ0v) is 16.4. The number of benzene rings is 2. The van der Waals surface area contributed by atoms with E-state index in [1.54, 1.807) is 42.5 Å². The van der Waals surface area contributed by atoms with Crippen molar-refractivity contribution in [2.75, 3.05) is 13.7 Å². The molecule has 0 aromatic heterocycles. The molecular formula is C19H13BrClNO5. The van der Waals surface area contributed by atoms with Crippen molar-refractivity contribution < 1.29 is 23.8 Å². The minimum absolute atomic E-state index is 0.170. The van der Waals surface area contributed by atoms with Gasteiger partial charge in [-0.05, 0) is 57.9 Å². The highest BCUT2D eigenvalue weighted by Gasteiger charge is 2.11. The Morgan fingerprint density at radius 3 is 2.70 bits per heavy atom. The largest absolute Gasteiger partial charge is 0.481 e. The molecule has 0 aliphatic rings. The summed E-state index contributed by atoms with van der Waals surface area (Å²) in [5.74, 6) is -0.673. The predicted octanol–water partition coefficient (Wildman–Crippen LogP) is 4.17. The van der Waals surface area contributed by atoms with Crippen LogP contribution < -0.4 is 9.47 Å². The first-order valence-corrected chi connectivity index (χ1v) is 8.68. The van der Waals surface area contributed by atoms with Crippen LogP contribution in [0.25, 0.3) is 6.08 Å². The summed E-state index contributed by atoms with van der Waals surface area (Å²) in [4.78, 5) is 23.4. The molecule has 27 heavy (non-hydrogen) atoms. The zero-order chi connectivity index (χ0) is 19.8. The lowest BCUT2D eigenvalue weighted by molar-refractivity contribution is -0.137. The standard InChI is InChI=1S/C19H13BrClNO5/c1-25-19(24)13(10-22)7-12-3-2-4-15(8-12)27-18(23)11-26-17-6-5-14(21)9-16(17)20/h2-9H,11H2,1H3/b13-7+. The summed E-state index contributed by atoms with van der Waals surface area (Å²) >= 11 is 9.13. The Morgan fingerprint density at radius 1 is 1.26 bits per heavy atom. The van der Waals surface area contributed by atoms with E-state index in [0.29, 0.717) is 20.8 Å². The molecule has 2 aromatic rings. The van der Waals surface area contributed by atoms with Crippen LogP contribution in [0.4, 0.5) is 0 Å². The van der Waals surface area contributed by atoms with E-state index in [2.05, 4.69) is 20.7 Å². The molecule has 138 valence electrons. The Labute approximate surface area is 169 Å². The van der Waals surface area contributed by atoms with E-state index in [1.165, 1.54) is 19.3 Å². The average molecular weight is 451 g/mol. The van der Waals surface area contributed by atoms with E-state index < -0.39 is 11.9 Å². The molecule has 0 radical (unpaired) electrons. The molecule has 2 rings (SSSR count). The molecule has 8 heteroatoms. The van der Waals surface area contributed by atoms with E-state index >= 15 is 0 Å². The number of methoxy groups -OCH3 is 1. The van der Waals surface area contributed by atoms with Crippen molar-refractivity contribution in [3.63, 3.8) is 0 Å². The van der Waals surface area contributed by atoms with Gasteiger partial charge in [0, 0.05) is 5.02 Å². The molecule has 0 aliphatic carbocycles. The van der Waals surface area contributed by atoms with Crippen molar-refractivity contribution in [1.82, 2.24) is 0 Å². The molecule has 0 fully saturated rings. The van der Waals surface area contributed by atoms with Gasteiger partial charge in [0.2, 0.25) is 0 Å². The number of ether oxygens (including phenoxy) is 3. The molecule has 0 unspecified atom stereocenters. The summed E-state index contributed by atoms with van der Waals surface area (Å²) in [5, 5.41) is 9.52. The van der Waals surface area contributed by atoms with E-state index in [4.69, 9.17) is 26.3 Å². The number of nitrogens with zero attached hydrogens (tertiary/aromatic N) is 1. The van der Waals surface area contributed by atoms with Gasteiger partial charge in [-0.1, -0.05) is 23.7 Å². The van der Waals surface area contributed by atoms with Crippen molar-refractivity contribution in [2.45, 2.75) is 0 Å². The third kappa shape index (κ3) is 6.13. The molecule has 0 spiro atoms. The molecule has 0 heterocycles. The molecule has 6 nitrogen and oxygen atoms in total. The Kier molecular flexibility index (Phi) is 7.41.